The van der Waals surface area contributed by atoms with Gasteiger partial charge in [0, 0.05) is 32.4 Å². The number of anilines is 1. The van der Waals surface area contributed by atoms with E-state index in [2.05, 4.69) is 38.8 Å². The Balaban J connectivity index is 1.88. The average molecular weight is 549 g/mol. The van der Waals surface area contributed by atoms with E-state index in [1.54, 1.807) is 17.9 Å². The van der Waals surface area contributed by atoms with Crippen molar-refractivity contribution in [3.8, 4) is 5.75 Å². The third-order valence-electron chi connectivity index (χ3n) is 7.13. The van der Waals surface area contributed by atoms with Crippen molar-refractivity contribution >= 4 is 30.2 Å². The molecule has 0 radical (unpaired) electrons. The van der Waals surface area contributed by atoms with Crippen molar-refractivity contribution in [2.24, 2.45) is 0 Å². The molecular formula is C26H40N4O5SSi. The number of nitrogens with zero attached hydrogens (tertiary/aromatic N) is 4. The number of piperazine rings is 1. The Hall–Kier alpha value is -2.47. The Morgan fingerprint density at radius 1 is 1.08 bits per heavy atom. The smallest absolute Gasteiger partial charge is 0.293 e. The molecule has 11 heteroatoms. The highest BCUT2D eigenvalue weighted by Gasteiger charge is 2.36. The van der Waals surface area contributed by atoms with Gasteiger partial charge in [-0.25, -0.2) is 13.4 Å². The second-order valence-electron chi connectivity index (χ2n) is 10.9. The molecule has 0 N–H and O–H groups in total. The predicted octanol–water partition coefficient (Wildman–Crippen LogP) is 3.42. The number of sulfonamides is 1. The summed E-state index contributed by atoms with van der Waals surface area (Å²) >= 11 is 0. The standard InChI is InChI=1S/C26H40N4O5SSi/c1-26(2,3)37(6,7)35-18-8-9-22-20-29(19-21-10-12-23(34-4)13-11-21)25(31)24(27-22)28-14-16-30(17-15-28)36(5,32)33/h8-13,20H,14-19H2,1-7H3/b9-8+. The van der Waals surface area contributed by atoms with E-state index >= 15 is 0 Å². The normalized spacial score (nSPS) is 15.9. The summed E-state index contributed by atoms with van der Waals surface area (Å²) in [5.41, 5.74) is 1.39. The average Bonchev–Trinajstić information content (AvgIpc) is 2.83. The zero-order chi connectivity index (χ0) is 27.4. The minimum absolute atomic E-state index is 0.117. The Bertz CT molecular complexity index is 1260. The maximum atomic E-state index is 13.5. The summed E-state index contributed by atoms with van der Waals surface area (Å²) in [5.74, 6) is 1.08. The molecule has 3 rings (SSSR count). The highest BCUT2D eigenvalue weighted by Crippen LogP contribution is 2.36. The van der Waals surface area contributed by atoms with E-state index in [-0.39, 0.29) is 10.6 Å². The maximum absolute atomic E-state index is 13.5. The fourth-order valence-electron chi connectivity index (χ4n) is 3.75. The molecule has 2 heterocycles. The first-order valence-electron chi connectivity index (χ1n) is 12.5. The third kappa shape index (κ3) is 7.53. The fraction of sp³-hybridized carbons (Fsp3) is 0.538. The molecule has 0 unspecified atom stereocenters. The summed E-state index contributed by atoms with van der Waals surface area (Å²) in [7, 11) is -3.54. The van der Waals surface area contributed by atoms with Gasteiger partial charge in [0.15, 0.2) is 14.1 Å². The summed E-state index contributed by atoms with van der Waals surface area (Å²) in [4.78, 5) is 20.0. The van der Waals surface area contributed by atoms with Crippen molar-refractivity contribution in [2.45, 2.75) is 45.4 Å². The van der Waals surface area contributed by atoms with Crippen LogP contribution in [0.5, 0.6) is 5.75 Å². The van der Waals surface area contributed by atoms with Crippen LogP contribution in [0.25, 0.3) is 6.08 Å². The van der Waals surface area contributed by atoms with Crippen molar-refractivity contribution < 1.29 is 17.6 Å². The molecule has 1 aromatic carbocycles. The van der Waals surface area contributed by atoms with Crippen molar-refractivity contribution in [1.29, 1.82) is 0 Å². The second kappa shape index (κ2) is 11.5. The second-order valence-corrected chi connectivity index (χ2v) is 17.7. The summed E-state index contributed by atoms with van der Waals surface area (Å²) in [6.45, 7) is 13.3. The minimum Gasteiger partial charge on any atom is -0.497 e. The van der Waals surface area contributed by atoms with E-state index in [4.69, 9.17) is 9.16 Å². The van der Waals surface area contributed by atoms with E-state index in [0.717, 1.165) is 11.3 Å². The summed E-state index contributed by atoms with van der Waals surface area (Å²) in [6, 6.07) is 7.59. The minimum atomic E-state index is -3.27. The monoisotopic (exact) mass is 548 g/mol. The van der Waals surface area contributed by atoms with E-state index in [9.17, 15) is 13.2 Å². The predicted molar refractivity (Wildman–Crippen MR) is 151 cm³/mol. The van der Waals surface area contributed by atoms with Crippen LogP contribution < -0.4 is 15.2 Å². The van der Waals surface area contributed by atoms with Crippen LogP contribution in [-0.4, -0.2) is 76.7 Å². The molecule has 0 bridgehead atoms. The van der Waals surface area contributed by atoms with Crippen LogP contribution in [0.2, 0.25) is 18.1 Å². The molecule has 0 atom stereocenters. The first kappa shape index (κ1) is 29.1. The molecule has 1 aromatic heterocycles. The lowest BCUT2D eigenvalue weighted by Gasteiger charge is -2.35. The topological polar surface area (TPSA) is 94.0 Å². The number of rotatable bonds is 9. The first-order valence-corrected chi connectivity index (χ1v) is 17.2. The van der Waals surface area contributed by atoms with E-state index in [1.165, 1.54) is 10.6 Å². The molecular weight excluding hydrogens is 508 g/mol. The maximum Gasteiger partial charge on any atom is 0.293 e. The van der Waals surface area contributed by atoms with Crippen molar-refractivity contribution in [3.63, 3.8) is 0 Å². The summed E-state index contributed by atoms with van der Waals surface area (Å²) in [6.07, 6.45) is 6.79. The van der Waals surface area contributed by atoms with Gasteiger partial charge in [-0.1, -0.05) is 39.0 Å². The van der Waals surface area contributed by atoms with Gasteiger partial charge in [-0.3, -0.25) is 4.79 Å². The first-order chi connectivity index (χ1) is 17.2. The molecule has 1 saturated heterocycles. The molecule has 0 saturated carbocycles. The summed E-state index contributed by atoms with van der Waals surface area (Å²) in [5, 5.41) is 0.117. The fourth-order valence-corrected chi connectivity index (χ4v) is 5.52. The lowest BCUT2D eigenvalue weighted by molar-refractivity contribution is 0.328. The van der Waals surface area contributed by atoms with Gasteiger partial charge in [0.05, 0.1) is 32.2 Å². The number of methoxy groups -OCH3 is 1. The van der Waals surface area contributed by atoms with Crippen LogP contribution in [0.15, 0.2) is 41.3 Å². The molecule has 9 nitrogen and oxygen atoms in total. The van der Waals surface area contributed by atoms with Gasteiger partial charge in [0.2, 0.25) is 10.0 Å². The van der Waals surface area contributed by atoms with Crippen molar-refractivity contribution in [1.82, 2.24) is 13.9 Å². The van der Waals surface area contributed by atoms with Gasteiger partial charge < -0.3 is 18.6 Å². The summed E-state index contributed by atoms with van der Waals surface area (Å²) < 4.78 is 38.4. The van der Waals surface area contributed by atoms with Gasteiger partial charge in [-0.15, -0.1) is 0 Å². The zero-order valence-electron chi connectivity index (χ0n) is 23.0. The number of benzene rings is 1. The Labute approximate surface area is 221 Å². The molecule has 2 aromatic rings. The molecule has 1 fully saturated rings. The number of hydrogen-bond donors (Lipinski definition) is 0. The number of hydrogen-bond acceptors (Lipinski definition) is 7. The van der Waals surface area contributed by atoms with Crippen LogP contribution >= 0.6 is 0 Å². The molecule has 1 aliphatic heterocycles. The van der Waals surface area contributed by atoms with Gasteiger partial charge in [0.1, 0.15) is 5.75 Å². The van der Waals surface area contributed by atoms with E-state index in [0.29, 0.717) is 50.8 Å². The number of ether oxygens (including phenoxy) is 1. The van der Waals surface area contributed by atoms with Crippen molar-refractivity contribution in [2.75, 3.05) is 51.1 Å². The zero-order valence-corrected chi connectivity index (χ0v) is 24.8. The molecule has 204 valence electrons. The molecule has 0 aliphatic carbocycles. The molecule has 0 spiro atoms. The van der Waals surface area contributed by atoms with Crippen LogP contribution in [-0.2, 0) is 21.0 Å². The largest absolute Gasteiger partial charge is 0.497 e. The van der Waals surface area contributed by atoms with Crippen LogP contribution in [0.3, 0.4) is 0 Å². The molecule has 1 aliphatic rings. The Kier molecular flexibility index (Phi) is 9.04. The highest BCUT2D eigenvalue weighted by molar-refractivity contribution is 7.88. The van der Waals surface area contributed by atoms with Crippen LogP contribution in [0, 0.1) is 0 Å². The highest BCUT2D eigenvalue weighted by atomic mass is 32.2. The Morgan fingerprint density at radius 2 is 1.70 bits per heavy atom. The molecule has 37 heavy (non-hydrogen) atoms. The van der Waals surface area contributed by atoms with Gasteiger partial charge in [0.25, 0.3) is 5.56 Å². The van der Waals surface area contributed by atoms with Crippen molar-refractivity contribution in [3.05, 3.63) is 58.1 Å². The quantitative estimate of drug-likeness (QED) is 0.443. The van der Waals surface area contributed by atoms with Gasteiger partial charge in [-0.2, -0.15) is 4.31 Å². The van der Waals surface area contributed by atoms with E-state index in [1.807, 2.05) is 41.3 Å². The lowest BCUT2D eigenvalue weighted by Crippen LogP contribution is -2.50. The van der Waals surface area contributed by atoms with Gasteiger partial charge in [-0.05, 0) is 41.9 Å². The number of aromatic nitrogens is 2. The van der Waals surface area contributed by atoms with Crippen LogP contribution in [0.4, 0.5) is 5.82 Å². The van der Waals surface area contributed by atoms with E-state index < -0.39 is 18.3 Å². The SMILES string of the molecule is COc1ccc(Cn2cc(/C=C/CO[Si](C)(C)C(C)(C)C)nc(N3CCN(S(C)(=O)=O)CC3)c2=O)cc1. The Morgan fingerprint density at radius 3 is 2.24 bits per heavy atom. The van der Waals surface area contributed by atoms with Crippen LogP contribution in [0.1, 0.15) is 32.0 Å². The third-order valence-corrected chi connectivity index (χ3v) is 12.9. The lowest BCUT2D eigenvalue weighted by atomic mass is 10.2. The molecule has 0 amide bonds. The van der Waals surface area contributed by atoms with Gasteiger partial charge >= 0.3 is 0 Å².